The second-order valence-corrected chi connectivity index (χ2v) is 7.06. The van der Waals surface area contributed by atoms with E-state index in [1.807, 2.05) is 23.6 Å². The Hall–Kier alpha value is -2.34. The first-order valence-corrected chi connectivity index (χ1v) is 9.65. The molecular formula is C20H20F3IN4OS. The second-order valence-electron chi connectivity index (χ2n) is 6.12. The van der Waals surface area contributed by atoms with Crippen LogP contribution in [-0.2, 0) is 19.4 Å². The maximum absolute atomic E-state index is 12.2. The minimum atomic E-state index is -4.72. The zero-order valence-electron chi connectivity index (χ0n) is 15.7. The molecule has 3 N–H and O–H groups in total. The van der Waals surface area contributed by atoms with Crippen molar-refractivity contribution in [2.75, 3.05) is 5.32 Å². The lowest BCUT2D eigenvalue weighted by atomic mass is 10.1. The van der Waals surface area contributed by atoms with E-state index in [1.54, 1.807) is 11.3 Å². The summed E-state index contributed by atoms with van der Waals surface area (Å²) in [6.45, 7) is 0.315. The Labute approximate surface area is 193 Å². The van der Waals surface area contributed by atoms with Crippen LogP contribution in [0.1, 0.15) is 16.3 Å². The predicted octanol–water partition coefficient (Wildman–Crippen LogP) is 5.37. The van der Waals surface area contributed by atoms with E-state index in [9.17, 15) is 13.2 Å². The summed E-state index contributed by atoms with van der Waals surface area (Å²) in [5.41, 5.74) is 8.42. The van der Waals surface area contributed by atoms with E-state index in [2.05, 4.69) is 32.2 Å². The van der Waals surface area contributed by atoms with E-state index in [-0.39, 0.29) is 35.7 Å². The zero-order valence-corrected chi connectivity index (χ0v) is 18.9. The molecule has 1 heterocycles. The maximum Gasteiger partial charge on any atom is 0.573 e. The number of nitrogens with two attached hydrogens (primary N) is 1. The van der Waals surface area contributed by atoms with E-state index >= 15 is 0 Å². The smallest absolute Gasteiger partial charge is 0.406 e. The number of guanidine groups is 1. The molecule has 0 spiro atoms. The molecule has 2 aromatic carbocycles. The fourth-order valence-electron chi connectivity index (χ4n) is 2.53. The molecule has 30 heavy (non-hydrogen) atoms. The predicted molar refractivity (Wildman–Crippen MR) is 123 cm³/mol. The lowest BCUT2D eigenvalue weighted by Gasteiger charge is -2.10. The van der Waals surface area contributed by atoms with Crippen LogP contribution in [0.2, 0.25) is 0 Å². The van der Waals surface area contributed by atoms with Gasteiger partial charge in [-0.3, -0.25) is 0 Å². The maximum atomic E-state index is 12.2. The second kappa shape index (κ2) is 11.2. The van der Waals surface area contributed by atoms with E-state index in [4.69, 9.17) is 5.73 Å². The summed E-state index contributed by atoms with van der Waals surface area (Å²) < 4.78 is 40.3. The molecule has 0 unspecified atom stereocenters. The lowest BCUT2D eigenvalue weighted by molar-refractivity contribution is -0.274. The summed E-state index contributed by atoms with van der Waals surface area (Å²) in [6.07, 6.45) is -2.93. The van der Waals surface area contributed by atoms with Crippen LogP contribution in [0.5, 0.6) is 5.75 Å². The van der Waals surface area contributed by atoms with Gasteiger partial charge in [0.05, 0.1) is 17.2 Å². The molecule has 0 saturated heterocycles. The van der Waals surface area contributed by atoms with Crippen LogP contribution >= 0.6 is 35.3 Å². The van der Waals surface area contributed by atoms with Crippen molar-refractivity contribution in [1.82, 2.24) is 4.98 Å². The van der Waals surface area contributed by atoms with Gasteiger partial charge >= 0.3 is 6.36 Å². The van der Waals surface area contributed by atoms with Gasteiger partial charge in [0.1, 0.15) is 5.75 Å². The molecule has 10 heteroatoms. The summed E-state index contributed by atoms with van der Waals surface area (Å²) in [7, 11) is 0. The van der Waals surface area contributed by atoms with E-state index < -0.39 is 6.36 Å². The van der Waals surface area contributed by atoms with Crippen molar-refractivity contribution in [3.8, 4) is 5.75 Å². The molecule has 0 fully saturated rings. The summed E-state index contributed by atoms with van der Waals surface area (Å²) in [6, 6.07) is 15.5. The number of halogens is 4. The van der Waals surface area contributed by atoms with Crippen LogP contribution in [0.15, 0.2) is 65.0 Å². The van der Waals surface area contributed by atoms with Crippen LogP contribution in [0.4, 0.5) is 18.9 Å². The minimum absolute atomic E-state index is 0. The van der Waals surface area contributed by atoms with Gasteiger partial charge in [0.25, 0.3) is 0 Å². The molecule has 3 rings (SSSR count). The van der Waals surface area contributed by atoms with Gasteiger partial charge in [0.2, 0.25) is 0 Å². The van der Waals surface area contributed by atoms with Gasteiger partial charge in [-0.15, -0.1) is 48.5 Å². The van der Waals surface area contributed by atoms with Crippen molar-refractivity contribution in [3.05, 3.63) is 76.2 Å². The lowest BCUT2D eigenvalue weighted by Crippen LogP contribution is -2.22. The van der Waals surface area contributed by atoms with Crippen molar-refractivity contribution in [1.29, 1.82) is 0 Å². The first-order chi connectivity index (χ1) is 13.9. The first-order valence-electron chi connectivity index (χ1n) is 8.77. The largest absolute Gasteiger partial charge is 0.573 e. The average Bonchev–Trinajstić information content (AvgIpc) is 3.14. The van der Waals surface area contributed by atoms with Crippen LogP contribution in [-0.4, -0.2) is 17.3 Å². The molecule has 0 aliphatic rings. The standard InChI is InChI=1S/C20H19F3N4OS.HI/c21-20(22,23)28-17-9-7-15(8-10-17)27-19(24)25-12-16-13-29-18(26-16)11-6-14-4-2-1-3-5-14;/h1-5,7-10,13H,6,11-12H2,(H3,24,25,27);1H. The molecule has 0 bridgehead atoms. The van der Waals surface area contributed by atoms with E-state index in [0.29, 0.717) is 12.2 Å². The molecule has 1 aromatic heterocycles. The van der Waals surface area contributed by atoms with Crippen molar-refractivity contribution < 1.29 is 17.9 Å². The van der Waals surface area contributed by atoms with Gasteiger partial charge in [-0.25, -0.2) is 9.98 Å². The fraction of sp³-hybridized carbons (Fsp3) is 0.200. The molecule has 160 valence electrons. The molecule has 0 saturated carbocycles. The molecule has 0 aliphatic carbocycles. The number of rotatable bonds is 7. The first kappa shape index (κ1) is 23.9. The highest BCUT2D eigenvalue weighted by atomic mass is 127. The van der Waals surface area contributed by atoms with Gasteiger partial charge in [0.15, 0.2) is 5.96 Å². The Kier molecular flexibility index (Phi) is 8.90. The number of hydrogen-bond acceptors (Lipinski definition) is 4. The van der Waals surface area contributed by atoms with Gasteiger partial charge in [-0.05, 0) is 36.2 Å². The normalized spacial score (nSPS) is 11.6. The third-order valence-corrected chi connectivity index (χ3v) is 4.80. The highest BCUT2D eigenvalue weighted by Gasteiger charge is 2.30. The van der Waals surface area contributed by atoms with Gasteiger partial charge in [0, 0.05) is 17.5 Å². The number of nitrogens with zero attached hydrogens (tertiary/aromatic N) is 2. The Morgan fingerprint density at radius 1 is 1.07 bits per heavy atom. The van der Waals surface area contributed by atoms with E-state index in [0.717, 1.165) is 23.5 Å². The third-order valence-electron chi connectivity index (χ3n) is 3.84. The Morgan fingerprint density at radius 3 is 2.43 bits per heavy atom. The molecule has 5 nitrogen and oxygen atoms in total. The Bertz CT molecular complexity index is 947. The van der Waals surface area contributed by atoms with Gasteiger partial charge < -0.3 is 15.8 Å². The van der Waals surface area contributed by atoms with Crippen molar-refractivity contribution in [2.45, 2.75) is 25.7 Å². The number of alkyl halides is 3. The quantitative estimate of drug-likeness (QED) is 0.237. The number of thiazole rings is 1. The monoisotopic (exact) mass is 548 g/mol. The number of aliphatic imine (C=N–C) groups is 1. The molecule has 0 radical (unpaired) electrons. The summed E-state index contributed by atoms with van der Waals surface area (Å²) in [5.74, 6) is -0.155. The van der Waals surface area contributed by atoms with Gasteiger partial charge in [-0.1, -0.05) is 30.3 Å². The highest BCUT2D eigenvalue weighted by molar-refractivity contribution is 14.0. The number of nitrogens with one attached hydrogen (secondary N) is 1. The number of ether oxygens (including phenoxy) is 1. The molecule has 0 atom stereocenters. The van der Waals surface area contributed by atoms with Crippen molar-refractivity contribution in [2.24, 2.45) is 10.7 Å². The summed E-state index contributed by atoms with van der Waals surface area (Å²) in [5, 5.41) is 5.80. The number of aromatic nitrogens is 1. The number of benzene rings is 2. The summed E-state index contributed by atoms with van der Waals surface area (Å²) in [4.78, 5) is 8.77. The fourth-order valence-corrected chi connectivity index (χ4v) is 3.32. The number of hydrogen-bond donors (Lipinski definition) is 2. The van der Waals surface area contributed by atoms with Crippen LogP contribution in [0, 0.1) is 0 Å². The van der Waals surface area contributed by atoms with Crippen LogP contribution < -0.4 is 15.8 Å². The van der Waals surface area contributed by atoms with Crippen LogP contribution in [0.25, 0.3) is 0 Å². The van der Waals surface area contributed by atoms with Crippen molar-refractivity contribution in [3.63, 3.8) is 0 Å². The van der Waals surface area contributed by atoms with Crippen LogP contribution in [0.3, 0.4) is 0 Å². The van der Waals surface area contributed by atoms with E-state index in [1.165, 1.54) is 29.8 Å². The molecule has 0 amide bonds. The topological polar surface area (TPSA) is 72.5 Å². The molecule has 0 aliphatic heterocycles. The molecular weight excluding hydrogens is 528 g/mol. The third kappa shape index (κ3) is 8.19. The Balaban J connectivity index is 0.00000320. The number of aryl methyl sites for hydroxylation is 2. The average molecular weight is 548 g/mol. The van der Waals surface area contributed by atoms with Gasteiger partial charge in [-0.2, -0.15) is 0 Å². The van der Waals surface area contributed by atoms with Crippen molar-refractivity contribution >= 4 is 47.0 Å². The summed E-state index contributed by atoms with van der Waals surface area (Å²) >= 11 is 1.58. The minimum Gasteiger partial charge on any atom is -0.406 e. The number of anilines is 1. The SMILES string of the molecule is I.NC(=NCc1csc(CCc2ccccc2)n1)Nc1ccc(OC(F)(F)F)cc1. The highest BCUT2D eigenvalue weighted by Crippen LogP contribution is 2.23. The molecule has 3 aromatic rings. The Morgan fingerprint density at radius 2 is 1.77 bits per heavy atom. The zero-order chi connectivity index (χ0) is 20.7.